The smallest absolute Gasteiger partial charge is 0.290 e. The SMILES string of the molecule is CN(C(=O)c1nc2cccc(Cl)c2[nH]1)C(CC1CC1)C(=O)NC(C#N)CC1CCCNC1=O. The van der Waals surface area contributed by atoms with Gasteiger partial charge in [-0.2, -0.15) is 5.26 Å². The first-order chi connectivity index (χ1) is 15.9. The monoisotopic (exact) mass is 470 g/mol. The van der Waals surface area contributed by atoms with Crippen molar-refractivity contribution in [1.29, 1.82) is 5.26 Å². The van der Waals surface area contributed by atoms with Crippen LogP contribution < -0.4 is 10.6 Å². The molecule has 3 N–H and O–H groups in total. The van der Waals surface area contributed by atoms with Crippen molar-refractivity contribution in [1.82, 2.24) is 25.5 Å². The number of piperidine rings is 1. The first-order valence-electron chi connectivity index (χ1n) is 11.3. The summed E-state index contributed by atoms with van der Waals surface area (Å²) in [5.74, 6) is -0.736. The highest BCUT2D eigenvalue weighted by Crippen LogP contribution is 2.35. The minimum Gasteiger partial charge on any atom is -0.356 e. The van der Waals surface area contributed by atoms with Gasteiger partial charge in [0.1, 0.15) is 12.1 Å². The molecule has 0 bridgehead atoms. The largest absolute Gasteiger partial charge is 0.356 e. The van der Waals surface area contributed by atoms with E-state index >= 15 is 0 Å². The number of aromatic nitrogens is 2. The molecular weight excluding hydrogens is 444 g/mol. The van der Waals surface area contributed by atoms with Crippen molar-refractivity contribution >= 4 is 40.4 Å². The van der Waals surface area contributed by atoms with Crippen molar-refractivity contribution < 1.29 is 14.4 Å². The van der Waals surface area contributed by atoms with Gasteiger partial charge in [-0.15, -0.1) is 0 Å². The zero-order valence-corrected chi connectivity index (χ0v) is 19.2. The number of rotatable bonds is 8. The number of H-pyrrole nitrogens is 1. The molecule has 2 fully saturated rings. The molecule has 1 aromatic heterocycles. The topological polar surface area (TPSA) is 131 Å². The van der Waals surface area contributed by atoms with Crippen molar-refractivity contribution in [3.8, 4) is 6.07 Å². The van der Waals surface area contributed by atoms with Crippen LogP contribution in [-0.4, -0.2) is 58.3 Å². The van der Waals surface area contributed by atoms with Crippen molar-refractivity contribution in [3.05, 3.63) is 29.0 Å². The molecule has 9 nitrogen and oxygen atoms in total. The summed E-state index contributed by atoms with van der Waals surface area (Å²) in [6.07, 6.45) is 4.33. The summed E-state index contributed by atoms with van der Waals surface area (Å²) in [6, 6.07) is 5.76. The Morgan fingerprint density at radius 3 is 2.79 bits per heavy atom. The second-order valence-electron chi connectivity index (χ2n) is 8.89. The molecule has 3 atom stereocenters. The highest BCUT2D eigenvalue weighted by atomic mass is 35.5. The van der Waals surface area contributed by atoms with Crippen LogP contribution in [0.15, 0.2) is 18.2 Å². The predicted octanol–water partition coefficient (Wildman–Crippen LogP) is 2.38. The molecule has 1 aromatic carbocycles. The van der Waals surface area contributed by atoms with Gasteiger partial charge in [0.05, 0.1) is 22.1 Å². The van der Waals surface area contributed by atoms with Gasteiger partial charge in [-0.3, -0.25) is 14.4 Å². The van der Waals surface area contributed by atoms with Crippen LogP contribution in [0.3, 0.4) is 0 Å². The molecule has 2 aromatic rings. The van der Waals surface area contributed by atoms with E-state index in [1.807, 2.05) is 0 Å². The van der Waals surface area contributed by atoms with Gasteiger partial charge in [0.15, 0.2) is 5.82 Å². The number of benzene rings is 1. The minimum absolute atomic E-state index is 0.0823. The molecule has 10 heteroatoms. The van der Waals surface area contributed by atoms with Crippen molar-refractivity contribution in [2.24, 2.45) is 11.8 Å². The number of halogens is 1. The Bertz CT molecular complexity index is 1110. The molecule has 4 rings (SSSR count). The molecule has 3 amide bonds. The molecule has 33 heavy (non-hydrogen) atoms. The molecule has 0 spiro atoms. The summed E-state index contributed by atoms with van der Waals surface area (Å²) in [4.78, 5) is 47.1. The van der Waals surface area contributed by atoms with Gasteiger partial charge in [0.2, 0.25) is 11.8 Å². The lowest BCUT2D eigenvalue weighted by Crippen LogP contribution is -2.51. The zero-order valence-electron chi connectivity index (χ0n) is 18.4. The molecule has 1 aliphatic carbocycles. The Hall–Kier alpha value is -3.12. The van der Waals surface area contributed by atoms with E-state index in [1.54, 1.807) is 25.2 Å². The molecule has 2 heterocycles. The third kappa shape index (κ3) is 5.28. The lowest BCUT2D eigenvalue weighted by molar-refractivity contribution is -0.129. The standard InChI is InChI=1S/C23H27ClN6O3/c1-30(23(33)20-28-17-6-2-5-16(24)19(17)29-20)18(10-13-7-8-13)22(32)27-15(12-25)11-14-4-3-9-26-21(14)31/h2,5-6,13-15,18H,3-4,7-11H2,1H3,(H,26,31)(H,27,32)(H,28,29). The van der Waals surface area contributed by atoms with E-state index in [4.69, 9.17) is 11.6 Å². The Kier molecular flexibility index (Phi) is 6.84. The number of hydrogen-bond acceptors (Lipinski definition) is 5. The van der Waals surface area contributed by atoms with E-state index in [9.17, 15) is 19.6 Å². The molecule has 1 aliphatic heterocycles. The van der Waals surface area contributed by atoms with E-state index in [0.717, 1.165) is 19.3 Å². The fourth-order valence-electron chi connectivity index (χ4n) is 4.27. The number of carbonyl (C=O) groups is 3. The Labute approximate surface area is 196 Å². The summed E-state index contributed by atoms with van der Waals surface area (Å²) in [6.45, 7) is 0.641. The number of nitrogens with one attached hydrogen (secondary N) is 3. The molecule has 1 saturated carbocycles. The lowest BCUT2D eigenvalue weighted by Gasteiger charge is -2.29. The summed E-state index contributed by atoms with van der Waals surface area (Å²) in [5.41, 5.74) is 1.13. The highest BCUT2D eigenvalue weighted by Gasteiger charge is 2.36. The predicted molar refractivity (Wildman–Crippen MR) is 122 cm³/mol. The number of nitriles is 1. The molecule has 2 aliphatic rings. The Balaban J connectivity index is 1.48. The van der Waals surface area contributed by atoms with Gasteiger partial charge in [-0.05, 0) is 43.7 Å². The number of aromatic amines is 1. The lowest BCUT2D eigenvalue weighted by atomic mass is 9.92. The molecule has 174 valence electrons. The van der Waals surface area contributed by atoms with Crippen LogP contribution in [0.5, 0.6) is 0 Å². The molecular formula is C23H27ClN6O3. The number of para-hydroxylation sites is 1. The van der Waals surface area contributed by atoms with E-state index in [-0.39, 0.29) is 24.1 Å². The number of carbonyl (C=O) groups excluding carboxylic acids is 3. The maximum atomic E-state index is 13.2. The van der Waals surface area contributed by atoms with Crippen LogP contribution in [0.2, 0.25) is 5.02 Å². The first kappa shape index (κ1) is 23.1. The first-order valence-corrected chi connectivity index (χ1v) is 11.6. The minimum atomic E-state index is -0.804. The van der Waals surface area contributed by atoms with Gasteiger partial charge >= 0.3 is 0 Å². The summed E-state index contributed by atoms with van der Waals surface area (Å²) in [7, 11) is 1.57. The number of nitrogens with zero attached hydrogens (tertiary/aromatic N) is 3. The quantitative estimate of drug-likeness (QED) is 0.545. The maximum Gasteiger partial charge on any atom is 0.290 e. The van der Waals surface area contributed by atoms with Gasteiger partial charge in [0.25, 0.3) is 5.91 Å². The molecule has 1 saturated heterocycles. The molecule has 3 unspecified atom stereocenters. The van der Waals surface area contributed by atoms with E-state index in [2.05, 4.69) is 26.7 Å². The second kappa shape index (κ2) is 9.79. The van der Waals surface area contributed by atoms with Gasteiger partial charge in [-0.25, -0.2) is 4.98 Å². The number of fused-ring (bicyclic) bond motifs is 1. The van der Waals surface area contributed by atoms with Gasteiger partial charge < -0.3 is 20.5 Å². The Morgan fingerprint density at radius 1 is 1.33 bits per heavy atom. The van der Waals surface area contributed by atoms with Crippen LogP contribution in [0, 0.1) is 23.2 Å². The van der Waals surface area contributed by atoms with E-state index in [1.165, 1.54) is 4.90 Å². The number of likely N-dealkylation sites (N-methyl/N-ethyl adjacent to an activating group) is 1. The van der Waals surface area contributed by atoms with Crippen molar-refractivity contribution in [3.63, 3.8) is 0 Å². The third-order valence-electron chi connectivity index (χ3n) is 6.41. The van der Waals surface area contributed by atoms with Crippen molar-refractivity contribution in [2.45, 2.75) is 50.6 Å². The number of hydrogen-bond donors (Lipinski definition) is 3. The summed E-state index contributed by atoms with van der Waals surface area (Å²) in [5, 5.41) is 15.6. The highest BCUT2D eigenvalue weighted by molar-refractivity contribution is 6.35. The summed E-state index contributed by atoms with van der Waals surface area (Å²) < 4.78 is 0. The van der Waals surface area contributed by atoms with Crippen LogP contribution in [-0.2, 0) is 9.59 Å². The van der Waals surface area contributed by atoms with E-state index < -0.39 is 23.9 Å². The fraction of sp³-hybridized carbons (Fsp3) is 0.522. The number of amides is 3. The van der Waals surface area contributed by atoms with Crippen LogP contribution >= 0.6 is 11.6 Å². The van der Waals surface area contributed by atoms with Gasteiger partial charge in [-0.1, -0.05) is 30.5 Å². The van der Waals surface area contributed by atoms with Crippen LogP contribution in [0.4, 0.5) is 0 Å². The average Bonchev–Trinajstić information content (AvgIpc) is 3.52. The van der Waals surface area contributed by atoms with Gasteiger partial charge in [0, 0.05) is 19.5 Å². The fourth-order valence-corrected chi connectivity index (χ4v) is 4.49. The van der Waals surface area contributed by atoms with E-state index in [0.29, 0.717) is 41.4 Å². The summed E-state index contributed by atoms with van der Waals surface area (Å²) >= 11 is 6.19. The van der Waals surface area contributed by atoms with Crippen LogP contribution in [0.1, 0.15) is 49.1 Å². The Morgan fingerprint density at radius 2 is 2.12 bits per heavy atom. The van der Waals surface area contributed by atoms with Crippen LogP contribution in [0.25, 0.3) is 11.0 Å². The molecule has 0 radical (unpaired) electrons. The second-order valence-corrected chi connectivity index (χ2v) is 9.29. The normalized spacial score (nSPS) is 19.9. The third-order valence-corrected chi connectivity index (χ3v) is 6.72. The van der Waals surface area contributed by atoms with Crippen molar-refractivity contribution in [2.75, 3.05) is 13.6 Å². The zero-order chi connectivity index (χ0) is 23.5. The maximum absolute atomic E-state index is 13.2. The number of imidazole rings is 1. The average molecular weight is 471 g/mol.